The Bertz CT molecular complexity index is 1080. The van der Waals surface area contributed by atoms with Gasteiger partial charge in [0, 0.05) is 16.0 Å². The third-order valence-corrected chi connectivity index (χ3v) is 7.14. The van der Waals surface area contributed by atoms with Gasteiger partial charge in [0.2, 0.25) is 0 Å². The van der Waals surface area contributed by atoms with Crippen molar-refractivity contribution in [3.63, 3.8) is 0 Å². The van der Waals surface area contributed by atoms with Gasteiger partial charge in [0.05, 0.1) is 5.71 Å². The van der Waals surface area contributed by atoms with Crippen molar-refractivity contribution in [1.29, 1.82) is 0 Å². The molecule has 0 amide bonds. The van der Waals surface area contributed by atoms with Crippen LogP contribution in [0.25, 0.3) is 5.00 Å². The smallest absolute Gasteiger partial charge is 0.166 e. The maximum absolute atomic E-state index is 5.33. The molecule has 4 nitrogen and oxygen atoms in total. The van der Waals surface area contributed by atoms with Crippen LogP contribution in [0, 0.1) is 20.8 Å². The number of hydrogen-bond donors (Lipinski definition) is 0. The van der Waals surface area contributed by atoms with Crippen LogP contribution in [0.5, 0.6) is 0 Å². The van der Waals surface area contributed by atoms with E-state index < -0.39 is 0 Å². The molecule has 1 saturated carbocycles. The minimum absolute atomic E-state index is 0.202. The number of rotatable bonds is 2. The number of hydrogen-bond acceptors (Lipinski definition) is 4. The number of fused-ring (bicyclic) bond motifs is 4. The van der Waals surface area contributed by atoms with Crippen molar-refractivity contribution in [3.05, 3.63) is 63.0 Å². The highest BCUT2D eigenvalue weighted by Gasteiger charge is 2.51. The van der Waals surface area contributed by atoms with Crippen LogP contribution in [-0.2, 0) is 5.54 Å². The van der Waals surface area contributed by atoms with E-state index in [-0.39, 0.29) is 5.54 Å². The van der Waals surface area contributed by atoms with Gasteiger partial charge in [0.25, 0.3) is 0 Å². The molecule has 138 valence electrons. The molecule has 2 aliphatic rings. The molecule has 3 aromatic rings. The minimum Gasteiger partial charge on any atom is -0.271 e. The van der Waals surface area contributed by atoms with Crippen LogP contribution in [0.3, 0.4) is 0 Å². The van der Waals surface area contributed by atoms with E-state index in [1.54, 1.807) is 0 Å². The molecule has 0 saturated heterocycles. The summed E-state index contributed by atoms with van der Waals surface area (Å²) in [7, 11) is 0. The predicted molar refractivity (Wildman–Crippen MR) is 111 cm³/mol. The summed E-state index contributed by atoms with van der Waals surface area (Å²) in [6, 6.07) is 8.96. The molecule has 1 aliphatic carbocycles. The summed E-state index contributed by atoms with van der Waals surface area (Å²) >= 11 is 1.83. The monoisotopic (exact) mass is 376 g/mol. The van der Waals surface area contributed by atoms with Crippen LogP contribution in [0.2, 0.25) is 0 Å². The molecule has 1 aromatic carbocycles. The summed E-state index contributed by atoms with van der Waals surface area (Å²) in [6.07, 6.45) is 2.09. The average Bonchev–Trinajstić information content (AvgIpc) is 3.27. The molecule has 1 fully saturated rings. The lowest BCUT2D eigenvalue weighted by Gasteiger charge is -2.12. The normalized spacial score (nSPS) is 16.9. The lowest BCUT2D eigenvalue weighted by molar-refractivity contribution is 0.661. The van der Waals surface area contributed by atoms with E-state index >= 15 is 0 Å². The summed E-state index contributed by atoms with van der Waals surface area (Å²) in [5, 5.41) is 10.2. The molecule has 0 atom stereocenters. The van der Waals surface area contributed by atoms with Crippen molar-refractivity contribution >= 4 is 17.0 Å². The summed E-state index contributed by atoms with van der Waals surface area (Å²) in [4.78, 5) is 6.66. The zero-order valence-electron chi connectivity index (χ0n) is 16.5. The van der Waals surface area contributed by atoms with Gasteiger partial charge < -0.3 is 0 Å². The first kappa shape index (κ1) is 16.9. The standard InChI is InChI=1S/C22H24N4S/c1-12(2)16-6-8-17(9-7-16)19-18-13(3)14(4)27-20(18)26-15(5)24-25-21(26)22(23-19)10-11-22/h6-9,12H,10-11H2,1-5H3. The Kier molecular flexibility index (Phi) is 3.51. The molecule has 5 rings (SSSR count). The Morgan fingerprint density at radius 1 is 1.04 bits per heavy atom. The van der Waals surface area contributed by atoms with E-state index in [9.17, 15) is 0 Å². The first-order valence-electron chi connectivity index (χ1n) is 9.65. The summed E-state index contributed by atoms with van der Waals surface area (Å²) < 4.78 is 2.26. The van der Waals surface area contributed by atoms with Crippen molar-refractivity contribution < 1.29 is 0 Å². The highest BCUT2D eigenvalue weighted by Crippen LogP contribution is 2.52. The number of aliphatic imine (C=N–C) groups is 1. The Hall–Kier alpha value is -2.27. The average molecular weight is 377 g/mol. The summed E-state index contributed by atoms with van der Waals surface area (Å²) in [5.41, 5.74) is 6.04. The molecule has 0 unspecified atom stereocenters. The highest BCUT2D eigenvalue weighted by atomic mass is 32.1. The fourth-order valence-electron chi connectivity index (χ4n) is 3.96. The molecule has 27 heavy (non-hydrogen) atoms. The van der Waals surface area contributed by atoms with Gasteiger partial charge in [-0.2, -0.15) is 0 Å². The quantitative estimate of drug-likeness (QED) is 0.615. The van der Waals surface area contributed by atoms with Gasteiger partial charge in [-0.3, -0.25) is 9.56 Å². The molecule has 0 bridgehead atoms. The molecule has 0 radical (unpaired) electrons. The van der Waals surface area contributed by atoms with Gasteiger partial charge in [-0.15, -0.1) is 21.5 Å². The fraction of sp³-hybridized carbons (Fsp3) is 0.409. The van der Waals surface area contributed by atoms with Crippen LogP contribution in [0.4, 0.5) is 0 Å². The largest absolute Gasteiger partial charge is 0.271 e. The van der Waals surface area contributed by atoms with E-state index in [2.05, 4.69) is 66.7 Å². The van der Waals surface area contributed by atoms with Crippen LogP contribution in [0.15, 0.2) is 29.3 Å². The number of thiophene rings is 1. The second-order valence-electron chi connectivity index (χ2n) is 8.14. The van der Waals surface area contributed by atoms with Crippen LogP contribution in [-0.4, -0.2) is 20.5 Å². The number of benzene rings is 1. The fourth-order valence-corrected chi connectivity index (χ4v) is 5.17. The van der Waals surface area contributed by atoms with Crippen molar-refractivity contribution in [2.45, 2.75) is 58.9 Å². The maximum Gasteiger partial charge on any atom is 0.166 e. The number of aryl methyl sites for hydroxylation is 2. The Morgan fingerprint density at radius 3 is 2.37 bits per heavy atom. The zero-order chi connectivity index (χ0) is 18.9. The summed E-state index contributed by atoms with van der Waals surface area (Å²) in [5.74, 6) is 2.49. The highest BCUT2D eigenvalue weighted by molar-refractivity contribution is 7.15. The molecular weight excluding hydrogens is 352 g/mol. The molecule has 5 heteroatoms. The number of aromatic nitrogens is 3. The van der Waals surface area contributed by atoms with E-state index in [1.807, 2.05) is 18.3 Å². The van der Waals surface area contributed by atoms with Crippen molar-refractivity contribution in [3.8, 4) is 5.00 Å². The van der Waals surface area contributed by atoms with Crippen LogP contribution < -0.4 is 0 Å². The second-order valence-corrected chi connectivity index (χ2v) is 9.34. The van der Waals surface area contributed by atoms with Gasteiger partial charge in [-0.1, -0.05) is 38.1 Å². The third kappa shape index (κ3) is 2.37. The topological polar surface area (TPSA) is 43.1 Å². The van der Waals surface area contributed by atoms with E-state index in [4.69, 9.17) is 4.99 Å². The minimum atomic E-state index is -0.202. The molecule has 1 aliphatic heterocycles. The lowest BCUT2D eigenvalue weighted by Crippen LogP contribution is -2.12. The maximum atomic E-state index is 5.33. The van der Waals surface area contributed by atoms with Crippen molar-refractivity contribution in [1.82, 2.24) is 14.8 Å². The van der Waals surface area contributed by atoms with Crippen molar-refractivity contribution in [2.24, 2.45) is 4.99 Å². The van der Waals surface area contributed by atoms with Gasteiger partial charge in [0.1, 0.15) is 16.4 Å². The van der Waals surface area contributed by atoms with Crippen molar-refractivity contribution in [2.75, 3.05) is 0 Å². The first-order chi connectivity index (χ1) is 12.9. The molecule has 1 spiro atoms. The summed E-state index contributed by atoms with van der Waals surface area (Å²) in [6.45, 7) is 10.9. The Balaban J connectivity index is 1.78. The van der Waals surface area contributed by atoms with Gasteiger partial charge in [-0.25, -0.2) is 0 Å². The molecule has 0 N–H and O–H groups in total. The van der Waals surface area contributed by atoms with Gasteiger partial charge in [-0.05, 0) is 50.7 Å². The number of nitrogens with zero attached hydrogens (tertiary/aromatic N) is 4. The predicted octanol–water partition coefficient (Wildman–Crippen LogP) is 5.22. The molecule has 3 heterocycles. The van der Waals surface area contributed by atoms with E-state index in [0.717, 1.165) is 30.2 Å². The van der Waals surface area contributed by atoms with Gasteiger partial charge in [0.15, 0.2) is 5.82 Å². The second kappa shape index (κ2) is 5.61. The zero-order valence-corrected chi connectivity index (χ0v) is 17.3. The Labute approximate surface area is 164 Å². The molecule has 2 aromatic heterocycles. The molecular formula is C22H24N4S. The van der Waals surface area contributed by atoms with Crippen LogP contribution >= 0.6 is 11.3 Å². The van der Waals surface area contributed by atoms with Crippen LogP contribution in [0.1, 0.15) is 71.4 Å². The lowest BCUT2D eigenvalue weighted by atomic mass is 9.96. The van der Waals surface area contributed by atoms with E-state index in [0.29, 0.717) is 5.92 Å². The first-order valence-corrected chi connectivity index (χ1v) is 10.5. The van der Waals surface area contributed by atoms with Gasteiger partial charge >= 0.3 is 0 Å². The third-order valence-electron chi connectivity index (χ3n) is 5.95. The SMILES string of the molecule is Cc1sc2c(c1C)C(c1ccc(C(C)C)cc1)=NC1(CC1)c1nnc(C)n1-2. The van der Waals surface area contributed by atoms with E-state index in [1.165, 1.54) is 32.1 Å². The Morgan fingerprint density at radius 2 is 1.74 bits per heavy atom.